The van der Waals surface area contributed by atoms with Crippen LogP contribution in [0.1, 0.15) is 0 Å². The minimum atomic E-state index is -3.90. The Bertz CT molecular complexity index is 846. The molecule has 0 unspecified atom stereocenters. The van der Waals surface area contributed by atoms with E-state index in [0.29, 0.717) is 0 Å². The SMILES string of the molecule is O=c1cccnn1CCNS(=O)(=O)c1cccc([N+](=O)[O-])c1. The van der Waals surface area contributed by atoms with Crippen LogP contribution in [0.3, 0.4) is 0 Å². The zero-order chi connectivity index (χ0) is 16.2. The highest BCUT2D eigenvalue weighted by atomic mass is 32.2. The van der Waals surface area contributed by atoms with Crippen molar-refractivity contribution in [2.45, 2.75) is 11.4 Å². The molecule has 0 bridgehead atoms. The second kappa shape index (κ2) is 6.45. The van der Waals surface area contributed by atoms with Crippen molar-refractivity contribution in [1.82, 2.24) is 14.5 Å². The van der Waals surface area contributed by atoms with E-state index < -0.39 is 14.9 Å². The molecule has 9 nitrogen and oxygen atoms in total. The Morgan fingerprint density at radius 2 is 2.05 bits per heavy atom. The maximum atomic E-state index is 12.0. The highest BCUT2D eigenvalue weighted by molar-refractivity contribution is 7.89. The minimum Gasteiger partial charge on any atom is -0.268 e. The van der Waals surface area contributed by atoms with Crippen LogP contribution in [0, 0.1) is 10.1 Å². The smallest absolute Gasteiger partial charge is 0.268 e. The lowest BCUT2D eigenvalue weighted by molar-refractivity contribution is -0.385. The van der Waals surface area contributed by atoms with Gasteiger partial charge in [0.1, 0.15) is 0 Å². The highest BCUT2D eigenvalue weighted by Crippen LogP contribution is 2.16. The van der Waals surface area contributed by atoms with Crippen molar-refractivity contribution < 1.29 is 13.3 Å². The summed E-state index contributed by atoms with van der Waals surface area (Å²) in [6.07, 6.45) is 1.41. The number of nitrogens with zero attached hydrogens (tertiary/aromatic N) is 3. The van der Waals surface area contributed by atoms with E-state index in [0.717, 1.165) is 10.7 Å². The lowest BCUT2D eigenvalue weighted by Gasteiger charge is -2.07. The Morgan fingerprint density at radius 3 is 2.73 bits per heavy atom. The monoisotopic (exact) mass is 324 g/mol. The molecular formula is C12H12N4O5S. The molecule has 2 rings (SSSR count). The Kier molecular flexibility index (Phi) is 4.63. The van der Waals surface area contributed by atoms with Crippen molar-refractivity contribution in [3.8, 4) is 0 Å². The van der Waals surface area contributed by atoms with E-state index in [-0.39, 0.29) is 29.2 Å². The summed E-state index contributed by atoms with van der Waals surface area (Å²) in [6.45, 7) is -0.0181. The van der Waals surface area contributed by atoms with Gasteiger partial charge in [-0.15, -0.1) is 0 Å². The van der Waals surface area contributed by atoms with Crippen LogP contribution >= 0.6 is 0 Å². The molecule has 0 aliphatic heterocycles. The van der Waals surface area contributed by atoms with Crippen LogP contribution in [-0.2, 0) is 16.6 Å². The van der Waals surface area contributed by atoms with E-state index in [2.05, 4.69) is 9.82 Å². The average Bonchev–Trinajstić information content (AvgIpc) is 2.49. The molecule has 0 radical (unpaired) electrons. The van der Waals surface area contributed by atoms with Crippen LogP contribution in [0.5, 0.6) is 0 Å². The van der Waals surface area contributed by atoms with E-state index in [9.17, 15) is 23.3 Å². The van der Waals surface area contributed by atoms with Crippen molar-refractivity contribution in [2.75, 3.05) is 6.54 Å². The maximum Gasteiger partial charge on any atom is 0.270 e. The third kappa shape index (κ3) is 3.74. The second-order valence-electron chi connectivity index (χ2n) is 4.24. The van der Waals surface area contributed by atoms with Gasteiger partial charge in [0.25, 0.3) is 11.2 Å². The number of nitro benzene ring substituents is 1. The molecule has 0 saturated carbocycles. The lowest BCUT2D eigenvalue weighted by atomic mass is 10.3. The predicted molar refractivity (Wildman–Crippen MR) is 76.8 cm³/mol. The zero-order valence-corrected chi connectivity index (χ0v) is 12.1. The summed E-state index contributed by atoms with van der Waals surface area (Å²) in [5, 5.41) is 14.4. The third-order valence-electron chi connectivity index (χ3n) is 2.74. The summed E-state index contributed by atoms with van der Waals surface area (Å²) in [5.41, 5.74) is -0.666. The molecule has 0 aliphatic rings. The molecule has 0 aliphatic carbocycles. The number of sulfonamides is 1. The normalized spacial score (nSPS) is 11.3. The third-order valence-corrected chi connectivity index (χ3v) is 4.20. The molecule has 0 atom stereocenters. The van der Waals surface area contributed by atoms with Gasteiger partial charge in [0.2, 0.25) is 10.0 Å². The molecule has 0 saturated heterocycles. The van der Waals surface area contributed by atoms with E-state index in [1.165, 1.54) is 36.5 Å². The summed E-state index contributed by atoms with van der Waals surface area (Å²) in [4.78, 5) is 21.2. The first-order chi connectivity index (χ1) is 10.4. The van der Waals surface area contributed by atoms with Crippen LogP contribution in [0.2, 0.25) is 0 Å². The Balaban J connectivity index is 2.09. The van der Waals surface area contributed by atoms with E-state index in [4.69, 9.17) is 0 Å². The first kappa shape index (κ1) is 15.8. The number of aromatic nitrogens is 2. The number of rotatable bonds is 6. The van der Waals surface area contributed by atoms with Gasteiger partial charge in [0.15, 0.2) is 0 Å². The summed E-state index contributed by atoms with van der Waals surface area (Å²) >= 11 is 0. The molecule has 1 aromatic heterocycles. The molecular weight excluding hydrogens is 312 g/mol. The lowest BCUT2D eigenvalue weighted by Crippen LogP contribution is -2.31. The summed E-state index contributed by atoms with van der Waals surface area (Å²) in [5.74, 6) is 0. The van der Waals surface area contributed by atoms with Gasteiger partial charge in [-0.1, -0.05) is 6.07 Å². The first-order valence-electron chi connectivity index (χ1n) is 6.16. The highest BCUT2D eigenvalue weighted by Gasteiger charge is 2.17. The number of benzene rings is 1. The van der Waals surface area contributed by atoms with Gasteiger partial charge in [0.05, 0.1) is 16.4 Å². The van der Waals surface area contributed by atoms with E-state index >= 15 is 0 Å². The molecule has 116 valence electrons. The molecule has 22 heavy (non-hydrogen) atoms. The number of nitrogens with one attached hydrogen (secondary N) is 1. The van der Waals surface area contributed by atoms with Gasteiger partial charge >= 0.3 is 0 Å². The van der Waals surface area contributed by atoms with Gasteiger partial charge < -0.3 is 0 Å². The molecule has 0 amide bonds. The van der Waals surface area contributed by atoms with Crippen LogP contribution in [-0.4, -0.2) is 29.7 Å². The van der Waals surface area contributed by atoms with Crippen molar-refractivity contribution in [3.05, 3.63) is 63.1 Å². The number of non-ortho nitro benzene ring substituents is 1. The fraction of sp³-hybridized carbons (Fsp3) is 0.167. The van der Waals surface area contributed by atoms with Crippen LogP contribution in [0.15, 0.2) is 52.3 Å². The predicted octanol–water partition coefficient (Wildman–Crippen LogP) is 0.130. The number of hydrogen-bond acceptors (Lipinski definition) is 6. The number of hydrogen-bond donors (Lipinski definition) is 1. The topological polar surface area (TPSA) is 124 Å². The quantitative estimate of drug-likeness (QED) is 0.595. The summed E-state index contributed by atoms with van der Waals surface area (Å²) < 4.78 is 27.5. The molecule has 1 heterocycles. The fourth-order valence-electron chi connectivity index (χ4n) is 1.69. The van der Waals surface area contributed by atoms with Crippen molar-refractivity contribution in [3.63, 3.8) is 0 Å². The fourth-order valence-corrected chi connectivity index (χ4v) is 2.75. The zero-order valence-electron chi connectivity index (χ0n) is 11.2. The molecule has 0 fully saturated rings. The van der Waals surface area contributed by atoms with Gasteiger partial charge in [-0.2, -0.15) is 5.10 Å². The van der Waals surface area contributed by atoms with Crippen molar-refractivity contribution in [1.29, 1.82) is 0 Å². The van der Waals surface area contributed by atoms with Crippen LogP contribution < -0.4 is 10.3 Å². The molecule has 2 aromatic rings. The average molecular weight is 324 g/mol. The van der Waals surface area contributed by atoms with Crippen molar-refractivity contribution in [2.24, 2.45) is 0 Å². The van der Waals surface area contributed by atoms with Gasteiger partial charge in [0, 0.05) is 30.9 Å². The second-order valence-corrected chi connectivity index (χ2v) is 6.00. The maximum absolute atomic E-state index is 12.0. The molecule has 1 aromatic carbocycles. The summed E-state index contributed by atoms with van der Waals surface area (Å²) in [6, 6.07) is 7.49. The minimum absolute atomic E-state index is 0.0494. The van der Waals surface area contributed by atoms with Gasteiger partial charge in [-0.05, 0) is 12.1 Å². The molecule has 0 spiro atoms. The van der Waals surface area contributed by atoms with E-state index in [1.54, 1.807) is 0 Å². The standard InChI is InChI=1S/C12H12N4O5S/c17-12-5-2-6-13-15(12)8-7-14-22(20,21)11-4-1-3-10(9-11)16(18)19/h1-6,9,14H,7-8H2. The van der Waals surface area contributed by atoms with Gasteiger partial charge in [-0.3, -0.25) is 14.9 Å². The first-order valence-corrected chi connectivity index (χ1v) is 7.65. The van der Waals surface area contributed by atoms with Crippen LogP contribution in [0.4, 0.5) is 5.69 Å². The molecule has 1 N–H and O–H groups in total. The van der Waals surface area contributed by atoms with E-state index in [1.807, 2.05) is 0 Å². The van der Waals surface area contributed by atoms with Crippen LogP contribution in [0.25, 0.3) is 0 Å². The Morgan fingerprint density at radius 1 is 1.27 bits per heavy atom. The largest absolute Gasteiger partial charge is 0.270 e. The van der Waals surface area contributed by atoms with Gasteiger partial charge in [-0.25, -0.2) is 17.8 Å². The Labute approximate surface area is 125 Å². The Hall–Kier alpha value is -2.59. The number of nitro groups is 1. The van der Waals surface area contributed by atoms with Crippen molar-refractivity contribution >= 4 is 15.7 Å². The summed E-state index contributed by atoms with van der Waals surface area (Å²) in [7, 11) is -3.90. The molecule has 10 heteroatoms.